The van der Waals surface area contributed by atoms with Crippen molar-refractivity contribution in [2.45, 2.75) is 37.6 Å². The molecule has 1 fully saturated rings. The number of aliphatic hydroxyl groups excluding tert-OH is 1. The molecule has 0 amide bonds. The van der Waals surface area contributed by atoms with E-state index in [4.69, 9.17) is 22.4 Å². The molecule has 3 heterocycles. The Hall–Kier alpha value is -2.27. The summed E-state index contributed by atoms with van der Waals surface area (Å²) in [6.07, 6.45) is -4.90. The van der Waals surface area contributed by atoms with Crippen LogP contribution in [0.5, 0.6) is 5.75 Å². The number of fused-ring (bicyclic) bond motifs is 1. The van der Waals surface area contributed by atoms with Gasteiger partial charge in [-0.25, -0.2) is 9.36 Å². The number of aliphatic hydroxyl groups is 2. The number of nitrogens with one attached hydrogen (secondary N) is 1. The minimum Gasteiger partial charge on any atom is -0.404 e. The molecule has 12 heteroatoms. The second-order valence-corrected chi connectivity index (χ2v) is 8.17. The lowest BCUT2D eigenvalue weighted by Crippen LogP contribution is -2.46. The largest absolute Gasteiger partial charge is 0.530 e. The molecule has 11 nitrogen and oxygen atoms in total. The number of ether oxygens (including phenoxy) is 1. The number of aromatic nitrogens is 2. The van der Waals surface area contributed by atoms with Gasteiger partial charge in [-0.2, -0.15) is 0 Å². The first-order valence-electron chi connectivity index (χ1n) is 9.95. The minimum atomic E-state index is -4.50. The SMILES string of the molecule is [2H]c1cn([C@@H]2O[C@H](C([2H])([2H])OP3(=O)OCc4ccccc4O3)[C@@H](O)[C@@]2(C)O)c(=O)[nH]c1=O. The van der Waals surface area contributed by atoms with Crippen molar-refractivity contribution < 1.29 is 37.2 Å². The van der Waals surface area contributed by atoms with Crippen LogP contribution < -0.4 is 15.8 Å². The van der Waals surface area contributed by atoms with Gasteiger partial charge < -0.3 is 19.5 Å². The lowest BCUT2D eigenvalue weighted by atomic mass is 9.96. The van der Waals surface area contributed by atoms with E-state index in [1.807, 2.05) is 4.98 Å². The number of nitrogens with zero attached hydrogens (tertiary/aromatic N) is 1. The third kappa shape index (κ3) is 3.68. The lowest BCUT2D eigenvalue weighted by molar-refractivity contribution is -0.0987. The van der Waals surface area contributed by atoms with E-state index < -0.39 is 55.7 Å². The zero-order valence-corrected chi connectivity index (χ0v) is 15.9. The summed E-state index contributed by atoms with van der Waals surface area (Å²) in [4.78, 5) is 25.5. The molecular formula is C17H19N2O9P. The smallest absolute Gasteiger partial charge is 0.404 e. The fraction of sp³-hybridized carbons (Fsp3) is 0.412. The highest BCUT2D eigenvalue weighted by atomic mass is 31.2. The number of phosphoric acid groups is 1. The molecule has 156 valence electrons. The fourth-order valence-corrected chi connectivity index (χ4v) is 4.06. The number of aromatic amines is 1. The Morgan fingerprint density at radius 3 is 3.03 bits per heavy atom. The Morgan fingerprint density at radius 2 is 2.24 bits per heavy atom. The van der Waals surface area contributed by atoms with Crippen LogP contribution >= 0.6 is 7.82 Å². The van der Waals surface area contributed by atoms with Crippen LogP contribution in [0.2, 0.25) is 0 Å². The Kier molecular flexibility index (Phi) is 4.10. The zero-order valence-electron chi connectivity index (χ0n) is 18.0. The van der Waals surface area contributed by atoms with Crippen molar-refractivity contribution in [3.63, 3.8) is 0 Å². The number of H-pyrrole nitrogens is 1. The molecular weight excluding hydrogens is 407 g/mol. The van der Waals surface area contributed by atoms with E-state index in [2.05, 4.69) is 0 Å². The molecule has 0 radical (unpaired) electrons. The maximum atomic E-state index is 12.9. The van der Waals surface area contributed by atoms with Crippen molar-refractivity contribution in [2.75, 3.05) is 6.56 Å². The summed E-state index contributed by atoms with van der Waals surface area (Å²) >= 11 is 0. The van der Waals surface area contributed by atoms with Crippen LogP contribution in [-0.2, 0) is 25.0 Å². The number of hydrogen-bond acceptors (Lipinski definition) is 9. The van der Waals surface area contributed by atoms with Crippen molar-refractivity contribution >= 4 is 7.82 Å². The molecule has 0 aliphatic carbocycles. The first kappa shape index (κ1) is 16.5. The summed E-state index contributed by atoms with van der Waals surface area (Å²) in [5.41, 5.74) is -3.75. The molecule has 2 aliphatic rings. The summed E-state index contributed by atoms with van der Waals surface area (Å²) in [5.74, 6) is 0.165. The molecule has 3 N–H and O–H groups in total. The molecule has 1 unspecified atom stereocenters. The van der Waals surface area contributed by atoms with Crippen molar-refractivity contribution in [3.8, 4) is 5.75 Å². The molecule has 1 saturated heterocycles. The van der Waals surface area contributed by atoms with E-state index in [0.29, 0.717) is 10.1 Å². The second kappa shape index (κ2) is 7.21. The van der Waals surface area contributed by atoms with Gasteiger partial charge in [-0.3, -0.25) is 23.4 Å². The predicted molar refractivity (Wildman–Crippen MR) is 97.3 cm³/mol. The molecule has 29 heavy (non-hydrogen) atoms. The van der Waals surface area contributed by atoms with E-state index in [1.54, 1.807) is 18.2 Å². The van der Waals surface area contributed by atoms with Gasteiger partial charge in [0.15, 0.2) is 6.23 Å². The first-order valence-corrected chi connectivity index (χ1v) is 9.91. The summed E-state index contributed by atoms with van der Waals surface area (Å²) in [6.45, 7) is -2.15. The molecule has 0 spiro atoms. The highest BCUT2D eigenvalue weighted by Gasteiger charge is 2.54. The monoisotopic (exact) mass is 429 g/mol. The van der Waals surface area contributed by atoms with Gasteiger partial charge in [0, 0.05) is 17.8 Å². The maximum Gasteiger partial charge on any atom is 0.530 e. The third-order valence-corrected chi connectivity index (χ3v) is 5.74. The van der Waals surface area contributed by atoms with Crippen molar-refractivity contribution in [3.05, 3.63) is 62.9 Å². The highest BCUT2D eigenvalue weighted by molar-refractivity contribution is 7.49. The third-order valence-electron chi connectivity index (χ3n) is 4.54. The first-order chi connectivity index (χ1) is 14.8. The van der Waals surface area contributed by atoms with E-state index in [1.165, 1.54) is 6.07 Å². The Balaban J connectivity index is 1.62. The average molecular weight is 429 g/mol. The highest BCUT2D eigenvalue weighted by Crippen LogP contribution is 2.55. The van der Waals surface area contributed by atoms with Crippen LogP contribution in [0, 0.1) is 0 Å². The van der Waals surface area contributed by atoms with Gasteiger partial charge in [0.25, 0.3) is 5.56 Å². The van der Waals surface area contributed by atoms with Crippen LogP contribution in [0.3, 0.4) is 0 Å². The Bertz CT molecular complexity index is 1210. The van der Waals surface area contributed by atoms with Crippen LogP contribution in [0.15, 0.2) is 46.1 Å². The van der Waals surface area contributed by atoms with Crippen LogP contribution in [0.4, 0.5) is 0 Å². The molecule has 2 aromatic rings. The van der Waals surface area contributed by atoms with Gasteiger partial charge in [-0.15, -0.1) is 0 Å². The summed E-state index contributed by atoms with van der Waals surface area (Å²) < 4.78 is 58.2. The van der Waals surface area contributed by atoms with Gasteiger partial charge >= 0.3 is 13.5 Å². The van der Waals surface area contributed by atoms with Gasteiger partial charge in [0.1, 0.15) is 23.6 Å². The van der Waals surface area contributed by atoms with E-state index in [9.17, 15) is 24.4 Å². The molecule has 0 bridgehead atoms. The normalized spacial score (nSPS) is 35.8. The maximum absolute atomic E-state index is 12.9. The van der Waals surface area contributed by atoms with E-state index >= 15 is 0 Å². The summed E-state index contributed by atoms with van der Waals surface area (Å²) in [5, 5.41) is 21.3. The van der Waals surface area contributed by atoms with Crippen LogP contribution in [0.1, 0.15) is 22.8 Å². The number of benzene rings is 1. The molecule has 1 aromatic heterocycles. The molecule has 4 rings (SSSR count). The lowest BCUT2D eigenvalue weighted by Gasteiger charge is -2.27. The molecule has 1 aromatic carbocycles. The van der Waals surface area contributed by atoms with Crippen molar-refractivity contribution in [1.82, 2.24) is 9.55 Å². The van der Waals surface area contributed by atoms with Crippen molar-refractivity contribution in [2.24, 2.45) is 0 Å². The van der Waals surface area contributed by atoms with Crippen LogP contribution in [-0.4, -0.2) is 44.1 Å². The second-order valence-electron chi connectivity index (χ2n) is 6.65. The minimum absolute atomic E-state index is 0.165. The molecule has 5 atom stereocenters. The molecule has 0 saturated carbocycles. The van der Waals surface area contributed by atoms with Crippen molar-refractivity contribution in [1.29, 1.82) is 0 Å². The topological polar surface area (TPSA) is 149 Å². The standard InChI is InChI=1S/C17H19N2O9P/c1-17(23)14(21)12(27-15(17)19-7-6-13(20)18-16(19)22)9-26-29(24)25-8-10-4-2-3-5-11(10)28-29/h2-7,12,14-15,21,23H,8-9H2,1H3,(H,18,20,22)/t12-,14-,15-,17-,29?/m1/s1/i6D,9D2. The Labute approximate surface area is 168 Å². The van der Waals surface area contributed by atoms with Gasteiger partial charge in [-0.05, 0) is 13.0 Å². The van der Waals surface area contributed by atoms with Gasteiger partial charge in [-0.1, -0.05) is 18.2 Å². The number of hydrogen-bond donors (Lipinski definition) is 3. The summed E-state index contributed by atoms with van der Waals surface area (Å²) in [6, 6.07) is 5.83. The van der Waals surface area contributed by atoms with Gasteiger partial charge in [0.2, 0.25) is 0 Å². The quantitative estimate of drug-likeness (QED) is 0.583. The Morgan fingerprint density at radius 1 is 1.48 bits per heavy atom. The fourth-order valence-electron chi connectivity index (χ4n) is 2.97. The van der Waals surface area contributed by atoms with Gasteiger partial charge in [0.05, 0.1) is 17.3 Å². The number of rotatable bonds is 4. The number of phosphoric ester groups is 1. The van der Waals surface area contributed by atoms with E-state index in [-0.39, 0.29) is 12.4 Å². The number of para-hydroxylation sites is 1. The van der Waals surface area contributed by atoms with E-state index in [0.717, 1.165) is 13.1 Å². The van der Waals surface area contributed by atoms with Crippen LogP contribution in [0.25, 0.3) is 0 Å². The predicted octanol–water partition coefficient (Wildman–Crippen LogP) is 0.280. The average Bonchev–Trinajstić information content (AvgIpc) is 2.94. The molecule has 2 aliphatic heterocycles. The summed E-state index contributed by atoms with van der Waals surface area (Å²) in [7, 11) is -4.50. The zero-order chi connectivity index (χ0) is 23.5.